The van der Waals surface area contributed by atoms with Crippen LogP contribution in [0.4, 0.5) is 0 Å². The first-order valence-corrected chi connectivity index (χ1v) is 7.88. The lowest BCUT2D eigenvalue weighted by atomic mass is 10.0. The molecule has 0 bridgehead atoms. The summed E-state index contributed by atoms with van der Waals surface area (Å²) < 4.78 is 0. The molecule has 4 heteroatoms. The Labute approximate surface area is 141 Å². The number of aromatic amines is 1. The normalized spacial score (nSPS) is 10.2. The van der Waals surface area contributed by atoms with Crippen molar-refractivity contribution in [3.8, 4) is 0 Å². The number of carbonyl (C=O) groups excluding carboxylic acids is 1. The molecule has 0 saturated carbocycles. The van der Waals surface area contributed by atoms with Gasteiger partial charge in [0.25, 0.3) is 5.91 Å². The van der Waals surface area contributed by atoms with E-state index < -0.39 is 0 Å². The Kier molecular flexibility index (Phi) is 5.20. The highest BCUT2D eigenvalue weighted by molar-refractivity contribution is 5.94. The van der Waals surface area contributed by atoms with Crippen LogP contribution < -0.4 is 5.43 Å². The molecule has 3 rings (SSSR count). The summed E-state index contributed by atoms with van der Waals surface area (Å²) in [6.45, 7) is 0. The van der Waals surface area contributed by atoms with E-state index in [-0.39, 0.29) is 5.91 Å². The van der Waals surface area contributed by atoms with Gasteiger partial charge in [-0.2, -0.15) is 5.10 Å². The van der Waals surface area contributed by atoms with E-state index in [1.165, 1.54) is 11.1 Å². The molecule has 0 unspecified atom stereocenters. The monoisotopic (exact) mass is 317 g/mol. The van der Waals surface area contributed by atoms with Crippen molar-refractivity contribution in [2.45, 2.75) is 12.8 Å². The maximum atomic E-state index is 12.1. The first kappa shape index (κ1) is 15.7. The fourth-order valence-corrected chi connectivity index (χ4v) is 2.47. The molecule has 2 aromatic carbocycles. The topological polar surface area (TPSA) is 57.2 Å². The number of H-pyrrole nitrogens is 1. The fourth-order valence-electron chi connectivity index (χ4n) is 2.47. The van der Waals surface area contributed by atoms with Gasteiger partial charge in [-0.15, -0.1) is 0 Å². The zero-order chi connectivity index (χ0) is 16.6. The number of hydrogen-bond donors (Lipinski definition) is 2. The number of rotatable bonds is 6. The molecule has 120 valence electrons. The Morgan fingerprint density at radius 1 is 0.833 bits per heavy atom. The number of carbonyl (C=O) groups is 1. The molecule has 0 spiro atoms. The van der Waals surface area contributed by atoms with Crippen LogP contribution in [0, 0.1) is 0 Å². The van der Waals surface area contributed by atoms with E-state index in [1.807, 2.05) is 36.4 Å². The average molecular weight is 317 g/mol. The molecule has 1 amide bonds. The van der Waals surface area contributed by atoms with Crippen LogP contribution in [-0.4, -0.2) is 16.6 Å². The summed E-state index contributed by atoms with van der Waals surface area (Å²) in [4.78, 5) is 14.9. The predicted octanol–water partition coefficient (Wildman–Crippen LogP) is 3.59. The maximum absolute atomic E-state index is 12.1. The minimum Gasteiger partial charge on any atom is -0.357 e. The van der Waals surface area contributed by atoms with Gasteiger partial charge < -0.3 is 4.98 Å². The van der Waals surface area contributed by atoms with E-state index in [0.717, 1.165) is 5.71 Å². The SMILES string of the molecule is O=C(NN=C(Cc1ccccc1)Cc1ccccc1)c1ccc[nH]1. The lowest BCUT2D eigenvalue weighted by Gasteiger charge is -2.08. The van der Waals surface area contributed by atoms with Crippen molar-refractivity contribution in [2.24, 2.45) is 5.10 Å². The van der Waals surface area contributed by atoms with Crippen LogP contribution in [0.5, 0.6) is 0 Å². The van der Waals surface area contributed by atoms with Gasteiger partial charge in [0.15, 0.2) is 0 Å². The van der Waals surface area contributed by atoms with Crippen molar-refractivity contribution in [3.05, 3.63) is 95.8 Å². The fraction of sp³-hybridized carbons (Fsp3) is 0.100. The summed E-state index contributed by atoms with van der Waals surface area (Å²) in [5.74, 6) is -0.237. The quantitative estimate of drug-likeness (QED) is 0.530. The largest absolute Gasteiger partial charge is 0.357 e. The predicted molar refractivity (Wildman–Crippen MR) is 96.0 cm³/mol. The molecule has 0 aliphatic carbocycles. The van der Waals surface area contributed by atoms with E-state index in [2.05, 4.69) is 39.8 Å². The highest BCUT2D eigenvalue weighted by Gasteiger charge is 2.07. The molecule has 1 aromatic heterocycles. The molecule has 2 N–H and O–H groups in total. The van der Waals surface area contributed by atoms with Crippen LogP contribution in [0.15, 0.2) is 84.1 Å². The summed E-state index contributed by atoms with van der Waals surface area (Å²) in [6, 6.07) is 23.8. The Morgan fingerprint density at radius 3 is 1.92 bits per heavy atom. The number of amides is 1. The van der Waals surface area contributed by atoms with Gasteiger partial charge in [-0.1, -0.05) is 60.7 Å². The van der Waals surface area contributed by atoms with Gasteiger partial charge >= 0.3 is 0 Å². The summed E-state index contributed by atoms with van der Waals surface area (Å²) >= 11 is 0. The molecule has 0 atom stereocenters. The van der Waals surface area contributed by atoms with Crippen LogP contribution in [0.2, 0.25) is 0 Å². The van der Waals surface area contributed by atoms with Crippen molar-refractivity contribution >= 4 is 11.6 Å². The molecule has 0 aliphatic rings. The van der Waals surface area contributed by atoms with Gasteiger partial charge in [-0.3, -0.25) is 4.79 Å². The lowest BCUT2D eigenvalue weighted by molar-refractivity contribution is 0.0950. The van der Waals surface area contributed by atoms with Gasteiger partial charge in [0.1, 0.15) is 5.69 Å². The van der Waals surface area contributed by atoms with Gasteiger partial charge in [0.2, 0.25) is 0 Å². The van der Waals surface area contributed by atoms with Gasteiger partial charge in [0, 0.05) is 24.8 Å². The average Bonchev–Trinajstić information content (AvgIpc) is 3.16. The summed E-state index contributed by atoms with van der Waals surface area (Å²) in [7, 11) is 0. The Morgan fingerprint density at radius 2 is 1.42 bits per heavy atom. The molecule has 0 radical (unpaired) electrons. The Bertz CT molecular complexity index is 750. The highest BCUT2D eigenvalue weighted by atomic mass is 16.2. The van der Waals surface area contributed by atoms with Crippen LogP contribution in [0.3, 0.4) is 0 Å². The zero-order valence-corrected chi connectivity index (χ0v) is 13.3. The molecule has 0 aliphatic heterocycles. The second-order valence-electron chi connectivity index (χ2n) is 5.53. The third-order valence-corrected chi connectivity index (χ3v) is 3.66. The Hall–Kier alpha value is -3.14. The summed E-state index contributed by atoms with van der Waals surface area (Å²) in [5.41, 5.74) is 6.39. The van der Waals surface area contributed by atoms with E-state index >= 15 is 0 Å². The summed E-state index contributed by atoms with van der Waals surface area (Å²) in [5, 5.41) is 4.37. The first-order chi connectivity index (χ1) is 11.8. The molecular formula is C20H19N3O. The van der Waals surface area contributed by atoms with Crippen LogP contribution in [-0.2, 0) is 12.8 Å². The number of aromatic nitrogens is 1. The highest BCUT2D eigenvalue weighted by Crippen LogP contribution is 2.07. The summed E-state index contributed by atoms with van der Waals surface area (Å²) in [6.07, 6.45) is 3.11. The third-order valence-electron chi connectivity index (χ3n) is 3.66. The van der Waals surface area contributed by atoms with Crippen LogP contribution in [0.1, 0.15) is 21.6 Å². The standard InChI is InChI=1S/C20H19N3O/c24-20(19-12-7-13-21-19)23-22-18(14-16-8-3-1-4-9-16)15-17-10-5-2-6-11-17/h1-13,21H,14-15H2,(H,23,24). The lowest BCUT2D eigenvalue weighted by Crippen LogP contribution is -2.21. The van der Waals surface area contributed by atoms with E-state index in [9.17, 15) is 4.79 Å². The molecule has 24 heavy (non-hydrogen) atoms. The van der Waals surface area contributed by atoms with Crippen LogP contribution >= 0.6 is 0 Å². The molecule has 3 aromatic rings. The first-order valence-electron chi connectivity index (χ1n) is 7.88. The minimum atomic E-state index is -0.237. The molecular weight excluding hydrogens is 298 g/mol. The Balaban J connectivity index is 1.75. The molecule has 0 fully saturated rings. The van der Waals surface area contributed by atoms with Crippen molar-refractivity contribution < 1.29 is 4.79 Å². The van der Waals surface area contributed by atoms with Crippen molar-refractivity contribution in [1.29, 1.82) is 0 Å². The molecule has 1 heterocycles. The van der Waals surface area contributed by atoms with Crippen molar-refractivity contribution in [3.63, 3.8) is 0 Å². The van der Waals surface area contributed by atoms with Gasteiger partial charge in [0.05, 0.1) is 0 Å². The number of hydrazone groups is 1. The number of benzene rings is 2. The van der Waals surface area contributed by atoms with Crippen LogP contribution in [0.25, 0.3) is 0 Å². The van der Waals surface area contributed by atoms with Gasteiger partial charge in [-0.05, 0) is 23.3 Å². The third kappa shape index (κ3) is 4.43. The smallest absolute Gasteiger partial charge is 0.287 e. The number of hydrogen-bond acceptors (Lipinski definition) is 2. The maximum Gasteiger partial charge on any atom is 0.287 e. The number of nitrogens with zero attached hydrogens (tertiary/aromatic N) is 1. The van der Waals surface area contributed by atoms with E-state index in [1.54, 1.807) is 18.3 Å². The number of nitrogens with one attached hydrogen (secondary N) is 2. The minimum absolute atomic E-state index is 0.237. The van der Waals surface area contributed by atoms with Gasteiger partial charge in [-0.25, -0.2) is 5.43 Å². The second kappa shape index (κ2) is 7.92. The zero-order valence-electron chi connectivity index (χ0n) is 13.3. The molecule has 4 nitrogen and oxygen atoms in total. The van der Waals surface area contributed by atoms with Crippen molar-refractivity contribution in [2.75, 3.05) is 0 Å². The van der Waals surface area contributed by atoms with Crippen molar-refractivity contribution in [1.82, 2.24) is 10.4 Å². The van der Waals surface area contributed by atoms with E-state index in [0.29, 0.717) is 18.5 Å². The van der Waals surface area contributed by atoms with E-state index in [4.69, 9.17) is 0 Å². The molecule has 0 saturated heterocycles. The second-order valence-corrected chi connectivity index (χ2v) is 5.53.